The summed E-state index contributed by atoms with van der Waals surface area (Å²) in [6.07, 6.45) is 2.04. The molecule has 112 valence electrons. The van der Waals surface area contributed by atoms with Crippen molar-refractivity contribution in [1.82, 2.24) is 5.32 Å². The van der Waals surface area contributed by atoms with Crippen LogP contribution >= 0.6 is 0 Å². The van der Waals surface area contributed by atoms with Gasteiger partial charge in [0, 0.05) is 13.2 Å². The Kier molecular flexibility index (Phi) is 7.25. The van der Waals surface area contributed by atoms with Gasteiger partial charge in [-0.25, -0.2) is 8.42 Å². The van der Waals surface area contributed by atoms with E-state index in [9.17, 15) is 13.2 Å². The summed E-state index contributed by atoms with van der Waals surface area (Å²) in [4.78, 5) is 11.7. The zero-order valence-electron chi connectivity index (χ0n) is 11.7. The van der Waals surface area contributed by atoms with Crippen LogP contribution in [0.1, 0.15) is 19.8 Å². The summed E-state index contributed by atoms with van der Waals surface area (Å²) in [5.74, 6) is -1.04. The highest BCUT2D eigenvalue weighted by Gasteiger charge is 2.18. The standard InChI is InChI=1S/C14H21NO4S/c1-2-3-10-19-11-9-15-14(16)12-20(17,18)13-7-5-4-6-8-13/h4-8H,2-3,9-12H2,1H3,(H,15,16). The van der Waals surface area contributed by atoms with Crippen LogP contribution in [-0.2, 0) is 19.4 Å². The van der Waals surface area contributed by atoms with Gasteiger partial charge in [-0.3, -0.25) is 4.79 Å². The third-order valence-electron chi connectivity index (χ3n) is 2.63. The molecule has 0 bridgehead atoms. The maximum absolute atomic E-state index is 11.9. The largest absolute Gasteiger partial charge is 0.380 e. The van der Waals surface area contributed by atoms with Crippen LogP contribution in [0.15, 0.2) is 35.2 Å². The number of amides is 1. The van der Waals surface area contributed by atoms with E-state index < -0.39 is 21.5 Å². The molecule has 6 heteroatoms. The van der Waals surface area contributed by atoms with E-state index in [4.69, 9.17) is 4.74 Å². The average Bonchev–Trinajstić information content (AvgIpc) is 2.43. The highest BCUT2D eigenvalue weighted by atomic mass is 32.2. The number of carbonyl (C=O) groups is 1. The molecule has 0 radical (unpaired) electrons. The van der Waals surface area contributed by atoms with Crippen LogP contribution in [0.3, 0.4) is 0 Å². The lowest BCUT2D eigenvalue weighted by molar-refractivity contribution is -0.118. The van der Waals surface area contributed by atoms with Gasteiger partial charge in [-0.05, 0) is 18.6 Å². The fourth-order valence-electron chi connectivity index (χ4n) is 1.55. The van der Waals surface area contributed by atoms with Crippen molar-refractivity contribution < 1.29 is 17.9 Å². The van der Waals surface area contributed by atoms with Crippen LogP contribution in [0.4, 0.5) is 0 Å². The molecule has 1 N–H and O–H groups in total. The molecule has 0 atom stereocenters. The second kappa shape index (κ2) is 8.71. The SMILES string of the molecule is CCCCOCCNC(=O)CS(=O)(=O)c1ccccc1. The molecule has 0 saturated heterocycles. The summed E-state index contributed by atoms with van der Waals surface area (Å²) >= 11 is 0. The van der Waals surface area contributed by atoms with Crippen molar-refractivity contribution in [1.29, 1.82) is 0 Å². The highest BCUT2D eigenvalue weighted by molar-refractivity contribution is 7.92. The molecule has 0 aliphatic heterocycles. The minimum absolute atomic E-state index is 0.161. The van der Waals surface area contributed by atoms with Gasteiger partial charge < -0.3 is 10.1 Å². The first kappa shape index (κ1) is 16.7. The van der Waals surface area contributed by atoms with Gasteiger partial charge in [-0.15, -0.1) is 0 Å². The van der Waals surface area contributed by atoms with Gasteiger partial charge >= 0.3 is 0 Å². The van der Waals surface area contributed by atoms with Gasteiger partial charge in [0.25, 0.3) is 0 Å². The third kappa shape index (κ3) is 6.16. The molecule has 0 saturated carbocycles. The molecule has 1 amide bonds. The smallest absolute Gasteiger partial charge is 0.235 e. The van der Waals surface area contributed by atoms with E-state index in [0.29, 0.717) is 19.8 Å². The van der Waals surface area contributed by atoms with Crippen molar-refractivity contribution in [3.05, 3.63) is 30.3 Å². The predicted octanol–water partition coefficient (Wildman–Crippen LogP) is 1.39. The molecular formula is C14H21NO4S. The summed E-state index contributed by atoms with van der Waals surface area (Å²) < 4.78 is 29.1. The molecule has 5 nitrogen and oxygen atoms in total. The van der Waals surface area contributed by atoms with E-state index >= 15 is 0 Å². The van der Waals surface area contributed by atoms with Crippen LogP contribution < -0.4 is 5.32 Å². The van der Waals surface area contributed by atoms with Crippen LogP contribution in [0, 0.1) is 0 Å². The molecule has 0 unspecified atom stereocenters. The van der Waals surface area contributed by atoms with Crippen molar-refractivity contribution in [3.8, 4) is 0 Å². The molecule has 0 aliphatic carbocycles. The van der Waals surface area contributed by atoms with Gasteiger partial charge in [0.2, 0.25) is 5.91 Å². The molecule has 20 heavy (non-hydrogen) atoms. The van der Waals surface area contributed by atoms with Gasteiger partial charge in [0.05, 0.1) is 11.5 Å². The van der Waals surface area contributed by atoms with Crippen molar-refractivity contribution >= 4 is 15.7 Å². The van der Waals surface area contributed by atoms with Crippen LogP contribution in [0.2, 0.25) is 0 Å². The summed E-state index contributed by atoms with van der Waals surface area (Å²) in [6.45, 7) is 3.46. The fraction of sp³-hybridized carbons (Fsp3) is 0.500. The molecule has 1 rings (SSSR count). The van der Waals surface area contributed by atoms with E-state index in [1.165, 1.54) is 12.1 Å². The lowest BCUT2D eigenvalue weighted by Gasteiger charge is -2.07. The summed E-state index contributed by atoms with van der Waals surface area (Å²) in [7, 11) is -3.56. The number of carbonyl (C=O) groups excluding carboxylic acids is 1. The first-order valence-electron chi connectivity index (χ1n) is 6.68. The molecule has 0 aromatic heterocycles. The topological polar surface area (TPSA) is 72.5 Å². The van der Waals surface area contributed by atoms with E-state index in [2.05, 4.69) is 12.2 Å². The molecule has 0 fully saturated rings. The van der Waals surface area contributed by atoms with Gasteiger partial charge in [0.1, 0.15) is 5.75 Å². The Morgan fingerprint density at radius 1 is 1.20 bits per heavy atom. The van der Waals surface area contributed by atoms with Crippen molar-refractivity contribution in [2.24, 2.45) is 0 Å². The Bertz CT molecular complexity index is 499. The average molecular weight is 299 g/mol. The van der Waals surface area contributed by atoms with E-state index in [0.717, 1.165) is 12.8 Å². The second-order valence-corrected chi connectivity index (χ2v) is 6.38. The quantitative estimate of drug-likeness (QED) is 0.699. The Morgan fingerprint density at radius 3 is 2.55 bits per heavy atom. The van der Waals surface area contributed by atoms with Gasteiger partial charge in [0.15, 0.2) is 9.84 Å². The number of ether oxygens (including phenoxy) is 1. The van der Waals surface area contributed by atoms with Crippen LogP contribution in [0.25, 0.3) is 0 Å². The first-order valence-corrected chi connectivity index (χ1v) is 8.33. The Labute approximate surface area is 120 Å². The number of rotatable bonds is 9. The minimum atomic E-state index is -3.56. The number of sulfone groups is 1. The summed E-state index contributed by atoms with van der Waals surface area (Å²) in [5.41, 5.74) is 0. The first-order chi connectivity index (χ1) is 9.56. The van der Waals surface area contributed by atoms with Crippen molar-refractivity contribution in [3.63, 3.8) is 0 Å². The Balaban J connectivity index is 2.32. The second-order valence-electron chi connectivity index (χ2n) is 4.39. The zero-order chi connectivity index (χ0) is 14.8. The maximum Gasteiger partial charge on any atom is 0.235 e. The molecule has 1 aromatic carbocycles. The summed E-state index contributed by atoms with van der Waals surface area (Å²) in [5, 5.41) is 2.54. The molecule has 0 heterocycles. The monoisotopic (exact) mass is 299 g/mol. The summed E-state index contributed by atoms with van der Waals surface area (Å²) in [6, 6.07) is 7.96. The lowest BCUT2D eigenvalue weighted by Crippen LogP contribution is -2.32. The molecule has 0 spiro atoms. The van der Waals surface area contributed by atoms with Gasteiger partial charge in [-0.1, -0.05) is 31.5 Å². The van der Waals surface area contributed by atoms with E-state index in [-0.39, 0.29) is 4.90 Å². The number of nitrogens with one attached hydrogen (secondary N) is 1. The normalized spacial score (nSPS) is 11.2. The third-order valence-corrected chi connectivity index (χ3v) is 4.27. The number of hydrogen-bond donors (Lipinski definition) is 1. The maximum atomic E-state index is 11.9. The van der Waals surface area contributed by atoms with Gasteiger partial charge in [-0.2, -0.15) is 0 Å². The van der Waals surface area contributed by atoms with Crippen LogP contribution in [-0.4, -0.2) is 39.8 Å². The van der Waals surface area contributed by atoms with E-state index in [1.54, 1.807) is 18.2 Å². The minimum Gasteiger partial charge on any atom is -0.380 e. The molecule has 0 aliphatic rings. The Morgan fingerprint density at radius 2 is 1.90 bits per heavy atom. The molecular weight excluding hydrogens is 278 g/mol. The lowest BCUT2D eigenvalue weighted by atomic mass is 10.4. The predicted molar refractivity (Wildman–Crippen MR) is 77.2 cm³/mol. The zero-order valence-corrected chi connectivity index (χ0v) is 12.5. The fourth-order valence-corrected chi connectivity index (χ4v) is 2.73. The number of benzene rings is 1. The van der Waals surface area contributed by atoms with Crippen LogP contribution in [0.5, 0.6) is 0 Å². The molecule has 1 aromatic rings. The van der Waals surface area contributed by atoms with Crippen molar-refractivity contribution in [2.45, 2.75) is 24.7 Å². The number of unbranched alkanes of at least 4 members (excludes halogenated alkanes) is 1. The Hall–Kier alpha value is -1.40. The highest BCUT2D eigenvalue weighted by Crippen LogP contribution is 2.09. The van der Waals surface area contributed by atoms with Crippen molar-refractivity contribution in [2.75, 3.05) is 25.5 Å². The number of hydrogen-bond acceptors (Lipinski definition) is 4. The van der Waals surface area contributed by atoms with E-state index in [1.807, 2.05) is 0 Å².